The zero-order valence-electron chi connectivity index (χ0n) is 11.1. The van der Waals surface area contributed by atoms with Gasteiger partial charge in [-0.2, -0.15) is 4.31 Å². The molecule has 19 heavy (non-hydrogen) atoms. The van der Waals surface area contributed by atoms with Gasteiger partial charge in [-0.05, 0) is 29.5 Å². The third-order valence-corrected chi connectivity index (χ3v) is 5.67. The Hall–Kier alpha value is -0.620. The third-order valence-electron chi connectivity index (χ3n) is 3.48. The van der Waals surface area contributed by atoms with Gasteiger partial charge < -0.3 is 5.11 Å². The van der Waals surface area contributed by atoms with Crippen LogP contribution in [0.15, 0.2) is 23.1 Å². The Balaban J connectivity index is 2.33. The molecule has 1 aromatic rings. The highest BCUT2D eigenvalue weighted by Crippen LogP contribution is 2.33. The van der Waals surface area contributed by atoms with Gasteiger partial charge in [-0.25, -0.2) is 8.42 Å². The van der Waals surface area contributed by atoms with Crippen LogP contribution in [0.2, 0.25) is 5.02 Å². The number of hydrogen-bond donors (Lipinski definition) is 1. The van der Waals surface area contributed by atoms with Gasteiger partial charge in [0, 0.05) is 18.1 Å². The van der Waals surface area contributed by atoms with Crippen LogP contribution in [0.5, 0.6) is 0 Å². The van der Waals surface area contributed by atoms with Crippen molar-refractivity contribution in [1.29, 1.82) is 0 Å². The molecule has 0 amide bonds. The van der Waals surface area contributed by atoms with Crippen molar-refractivity contribution in [3.63, 3.8) is 0 Å². The van der Waals surface area contributed by atoms with E-state index in [0.29, 0.717) is 18.7 Å². The predicted molar refractivity (Wildman–Crippen MR) is 74.5 cm³/mol. The Morgan fingerprint density at radius 1 is 1.42 bits per heavy atom. The van der Waals surface area contributed by atoms with Crippen LogP contribution in [0.1, 0.15) is 25.8 Å². The molecule has 106 valence electrons. The van der Waals surface area contributed by atoms with Crippen molar-refractivity contribution >= 4 is 21.6 Å². The first-order valence-electron chi connectivity index (χ1n) is 6.16. The van der Waals surface area contributed by atoms with Crippen LogP contribution in [0.25, 0.3) is 0 Å². The van der Waals surface area contributed by atoms with Crippen LogP contribution >= 0.6 is 11.6 Å². The Labute approximate surface area is 119 Å². The van der Waals surface area contributed by atoms with E-state index in [2.05, 4.69) is 13.8 Å². The number of sulfonamides is 1. The maximum atomic E-state index is 12.5. The number of rotatable bonds is 3. The summed E-state index contributed by atoms with van der Waals surface area (Å²) < 4.78 is 26.5. The van der Waals surface area contributed by atoms with E-state index in [1.54, 1.807) is 6.07 Å². The van der Waals surface area contributed by atoms with Gasteiger partial charge >= 0.3 is 0 Å². The molecule has 0 atom stereocenters. The second-order valence-corrected chi connectivity index (χ2v) is 8.01. The fourth-order valence-electron chi connectivity index (χ4n) is 2.23. The maximum Gasteiger partial charge on any atom is 0.243 e. The monoisotopic (exact) mass is 303 g/mol. The molecule has 2 rings (SSSR count). The van der Waals surface area contributed by atoms with Crippen molar-refractivity contribution in [2.75, 3.05) is 13.1 Å². The lowest BCUT2D eigenvalue weighted by Crippen LogP contribution is -2.30. The average molecular weight is 304 g/mol. The molecule has 1 N–H and O–H groups in total. The Kier molecular flexibility index (Phi) is 3.93. The van der Waals surface area contributed by atoms with Gasteiger partial charge in [-0.3, -0.25) is 0 Å². The molecule has 0 radical (unpaired) electrons. The van der Waals surface area contributed by atoms with Gasteiger partial charge in [0.05, 0.1) is 11.5 Å². The van der Waals surface area contributed by atoms with Crippen molar-refractivity contribution in [2.24, 2.45) is 5.41 Å². The van der Waals surface area contributed by atoms with Gasteiger partial charge in [0.1, 0.15) is 0 Å². The molecule has 0 spiro atoms. The first kappa shape index (κ1) is 14.8. The molecule has 4 nitrogen and oxygen atoms in total. The van der Waals surface area contributed by atoms with Crippen molar-refractivity contribution in [3.05, 3.63) is 28.8 Å². The summed E-state index contributed by atoms with van der Waals surface area (Å²) in [6.45, 7) is 4.98. The molecule has 0 unspecified atom stereocenters. The van der Waals surface area contributed by atoms with Crippen molar-refractivity contribution in [3.8, 4) is 0 Å². The number of hydrogen-bond acceptors (Lipinski definition) is 3. The van der Waals surface area contributed by atoms with E-state index >= 15 is 0 Å². The van der Waals surface area contributed by atoms with Crippen LogP contribution in [0.3, 0.4) is 0 Å². The minimum absolute atomic E-state index is 0.0158. The Morgan fingerprint density at radius 3 is 2.58 bits per heavy atom. The maximum absolute atomic E-state index is 12.5. The van der Waals surface area contributed by atoms with E-state index < -0.39 is 10.0 Å². The van der Waals surface area contributed by atoms with E-state index in [0.717, 1.165) is 6.42 Å². The minimum atomic E-state index is -3.49. The molecular formula is C13H18ClNO3S. The molecule has 0 aromatic heterocycles. The van der Waals surface area contributed by atoms with Crippen LogP contribution in [-0.4, -0.2) is 30.9 Å². The summed E-state index contributed by atoms with van der Waals surface area (Å²) in [4.78, 5) is 0.187. The van der Waals surface area contributed by atoms with Gasteiger partial charge in [0.2, 0.25) is 10.0 Å². The zero-order valence-corrected chi connectivity index (χ0v) is 12.6. The molecule has 0 saturated carbocycles. The normalized spacial score (nSPS) is 19.8. The second kappa shape index (κ2) is 5.05. The SMILES string of the molecule is CC1(C)CCN(S(=O)(=O)c2ccc(CO)c(Cl)c2)C1. The number of aliphatic hydroxyl groups is 1. The van der Waals surface area contributed by atoms with Crippen LogP contribution in [0, 0.1) is 5.41 Å². The molecular weight excluding hydrogens is 286 g/mol. The number of halogens is 1. The minimum Gasteiger partial charge on any atom is -0.392 e. The Morgan fingerprint density at radius 2 is 2.11 bits per heavy atom. The Bertz CT molecular complexity index is 584. The number of aliphatic hydroxyl groups excluding tert-OH is 1. The lowest BCUT2D eigenvalue weighted by Gasteiger charge is -2.20. The first-order chi connectivity index (χ1) is 8.76. The topological polar surface area (TPSA) is 57.6 Å². The fraction of sp³-hybridized carbons (Fsp3) is 0.538. The van der Waals surface area contributed by atoms with Crippen molar-refractivity contribution in [1.82, 2.24) is 4.31 Å². The van der Waals surface area contributed by atoms with E-state index in [1.807, 2.05) is 0 Å². The number of benzene rings is 1. The smallest absolute Gasteiger partial charge is 0.243 e. The summed E-state index contributed by atoms with van der Waals surface area (Å²) in [7, 11) is -3.49. The summed E-state index contributed by atoms with van der Waals surface area (Å²) in [6, 6.07) is 4.46. The molecule has 1 aliphatic heterocycles. The van der Waals surface area contributed by atoms with Crippen molar-refractivity contribution < 1.29 is 13.5 Å². The highest BCUT2D eigenvalue weighted by Gasteiger charge is 2.36. The lowest BCUT2D eigenvalue weighted by molar-refractivity contribution is 0.282. The summed E-state index contributed by atoms with van der Waals surface area (Å²) in [5.74, 6) is 0. The molecule has 1 aromatic carbocycles. The predicted octanol–water partition coefficient (Wildman–Crippen LogP) is 2.25. The molecule has 0 bridgehead atoms. The highest BCUT2D eigenvalue weighted by molar-refractivity contribution is 7.89. The molecule has 1 heterocycles. The van der Waals surface area contributed by atoms with E-state index in [1.165, 1.54) is 16.4 Å². The zero-order chi connectivity index (χ0) is 14.3. The molecule has 1 aliphatic rings. The summed E-state index contributed by atoms with van der Waals surface area (Å²) in [6.07, 6.45) is 0.856. The number of nitrogens with zero attached hydrogens (tertiary/aromatic N) is 1. The standard InChI is InChI=1S/C13H18ClNO3S/c1-13(2)5-6-15(9-13)19(17,18)11-4-3-10(8-16)12(14)7-11/h3-4,7,16H,5-6,8-9H2,1-2H3. The fourth-order valence-corrected chi connectivity index (χ4v) is 4.19. The largest absolute Gasteiger partial charge is 0.392 e. The lowest BCUT2D eigenvalue weighted by atomic mass is 9.93. The van der Waals surface area contributed by atoms with E-state index in [-0.39, 0.29) is 21.9 Å². The van der Waals surface area contributed by atoms with Gasteiger partial charge in [0.15, 0.2) is 0 Å². The first-order valence-corrected chi connectivity index (χ1v) is 7.97. The van der Waals surface area contributed by atoms with Gasteiger partial charge in [-0.15, -0.1) is 0 Å². The molecule has 1 fully saturated rings. The van der Waals surface area contributed by atoms with Gasteiger partial charge in [-0.1, -0.05) is 31.5 Å². The second-order valence-electron chi connectivity index (χ2n) is 5.66. The van der Waals surface area contributed by atoms with Crippen LogP contribution < -0.4 is 0 Å². The van der Waals surface area contributed by atoms with Gasteiger partial charge in [0.25, 0.3) is 0 Å². The molecule has 0 aliphatic carbocycles. The van der Waals surface area contributed by atoms with Crippen LogP contribution in [0.4, 0.5) is 0 Å². The molecule has 6 heteroatoms. The third kappa shape index (κ3) is 2.94. The summed E-state index contributed by atoms with van der Waals surface area (Å²) in [5.41, 5.74) is 0.546. The highest BCUT2D eigenvalue weighted by atomic mass is 35.5. The van der Waals surface area contributed by atoms with Crippen LogP contribution in [-0.2, 0) is 16.6 Å². The van der Waals surface area contributed by atoms with Crippen molar-refractivity contribution in [2.45, 2.75) is 31.8 Å². The quantitative estimate of drug-likeness (QED) is 0.932. The summed E-state index contributed by atoms with van der Waals surface area (Å²) >= 11 is 5.96. The average Bonchev–Trinajstić information content (AvgIpc) is 2.70. The van der Waals surface area contributed by atoms with E-state index in [4.69, 9.17) is 16.7 Å². The van der Waals surface area contributed by atoms with E-state index in [9.17, 15) is 8.42 Å². The summed E-state index contributed by atoms with van der Waals surface area (Å²) in [5, 5.41) is 9.33. The molecule has 1 saturated heterocycles.